The first-order chi connectivity index (χ1) is 9.70. The number of nitrogens with zero attached hydrogens (tertiary/aromatic N) is 4. The molecular weight excluding hydrogens is 252 g/mol. The van der Waals surface area contributed by atoms with Crippen molar-refractivity contribution in [1.29, 1.82) is 0 Å². The van der Waals surface area contributed by atoms with Gasteiger partial charge in [-0.15, -0.1) is 0 Å². The van der Waals surface area contributed by atoms with Crippen molar-refractivity contribution < 1.29 is 4.79 Å². The largest absolute Gasteiger partial charge is 0.376 e. The van der Waals surface area contributed by atoms with Crippen molar-refractivity contribution >= 4 is 17.5 Å². The third-order valence-electron chi connectivity index (χ3n) is 3.17. The van der Waals surface area contributed by atoms with Crippen molar-refractivity contribution in [2.24, 2.45) is 0 Å². The Labute approximate surface area is 116 Å². The molecule has 20 heavy (non-hydrogen) atoms. The summed E-state index contributed by atoms with van der Waals surface area (Å²) < 4.78 is 1.90. The molecule has 0 N–H and O–H groups in total. The first kappa shape index (κ1) is 12.3. The number of aromatic nitrogens is 3. The first-order valence-electron chi connectivity index (χ1n) is 6.26. The van der Waals surface area contributed by atoms with Crippen molar-refractivity contribution in [3.8, 4) is 11.5 Å². The zero-order valence-electron chi connectivity index (χ0n) is 11.3. The van der Waals surface area contributed by atoms with Gasteiger partial charge in [0, 0.05) is 26.5 Å². The molecule has 0 aliphatic carbocycles. The Morgan fingerprint density at radius 2 is 2.05 bits per heavy atom. The molecule has 5 nitrogen and oxygen atoms in total. The minimum atomic E-state index is 0.427. The molecule has 3 heterocycles. The fraction of sp³-hybridized carbons (Fsp3) is 0.133. The number of pyridine rings is 2. The van der Waals surface area contributed by atoms with Gasteiger partial charge in [-0.25, -0.2) is 4.98 Å². The molecule has 0 spiro atoms. The number of hydrogen-bond donors (Lipinski definition) is 0. The summed E-state index contributed by atoms with van der Waals surface area (Å²) in [5, 5.41) is 0. The topological polar surface area (TPSA) is 50.5 Å². The van der Waals surface area contributed by atoms with E-state index in [1.807, 2.05) is 59.9 Å². The van der Waals surface area contributed by atoms with Crippen LogP contribution in [0.3, 0.4) is 0 Å². The Bertz CT molecular complexity index is 762. The molecule has 5 heteroatoms. The summed E-state index contributed by atoms with van der Waals surface area (Å²) in [4.78, 5) is 21.9. The second kappa shape index (κ2) is 4.77. The Kier molecular flexibility index (Phi) is 2.95. The number of fused-ring (bicyclic) bond motifs is 1. The minimum Gasteiger partial charge on any atom is -0.376 e. The normalized spacial score (nSPS) is 10.7. The molecule has 0 aromatic carbocycles. The molecule has 0 fully saturated rings. The monoisotopic (exact) mass is 266 g/mol. The standard InChI is InChI=1S/C15H14N4O/c1-18(2)11-6-7-14-13(10-20)17-15(19(14)9-11)12-5-3-4-8-16-12/h3-10H,1-2H3. The van der Waals surface area contributed by atoms with E-state index in [4.69, 9.17) is 0 Å². The van der Waals surface area contributed by atoms with Gasteiger partial charge in [-0.3, -0.25) is 14.2 Å². The van der Waals surface area contributed by atoms with Gasteiger partial charge in [0.25, 0.3) is 0 Å². The van der Waals surface area contributed by atoms with E-state index >= 15 is 0 Å². The molecular formula is C15H14N4O. The van der Waals surface area contributed by atoms with Crippen molar-refractivity contribution in [3.63, 3.8) is 0 Å². The lowest BCUT2D eigenvalue weighted by atomic mass is 10.3. The van der Waals surface area contributed by atoms with Crippen LogP contribution in [0.15, 0.2) is 42.7 Å². The number of hydrogen-bond acceptors (Lipinski definition) is 4. The van der Waals surface area contributed by atoms with Crippen molar-refractivity contribution in [2.45, 2.75) is 0 Å². The van der Waals surface area contributed by atoms with E-state index in [9.17, 15) is 4.79 Å². The van der Waals surface area contributed by atoms with Crippen LogP contribution in [0.25, 0.3) is 17.0 Å². The summed E-state index contributed by atoms with van der Waals surface area (Å²) in [5.41, 5.74) is 2.98. The fourth-order valence-electron chi connectivity index (χ4n) is 2.13. The summed E-state index contributed by atoms with van der Waals surface area (Å²) in [6.45, 7) is 0. The van der Waals surface area contributed by atoms with Gasteiger partial charge in [0.1, 0.15) is 11.4 Å². The molecule has 0 radical (unpaired) electrons. The zero-order chi connectivity index (χ0) is 14.1. The first-order valence-corrected chi connectivity index (χ1v) is 6.26. The Morgan fingerprint density at radius 3 is 2.70 bits per heavy atom. The van der Waals surface area contributed by atoms with E-state index in [1.165, 1.54) is 0 Å². The van der Waals surface area contributed by atoms with Gasteiger partial charge in [0.15, 0.2) is 12.1 Å². The Morgan fingerprint density at radius 1 is 1.20 bits per heavy atom. The maximum absolute atomic E-state index is 11.2. The van der Waals surface area contributed by atoms with E-state index in [-0.39, 0.29) is 0 Å². The predicted molar refractivity (Wildman–Crippen MR) is 78.1 cm³/mol. The minimum absolute atomic E-state index is 0.427. The number of carbonyl (C=O) groups is 1. The van der Waals surface area contributed by atoms with Crippen LogP contribution in [0.4, 0.5) is 5.69 Å². The van der Waals surface area contributed by atoms with Crippen LogP contribution < -0.4 is 4.90 Å². The molecule has 0 unspecified atom stereocenters. The van der Waals surface area contributed by atoms with Gasteiger partial charge in [-0.05, 0) is 24.3 Å². The van der Waals surface area contributed by atoms with Crippen LogP contribution in [0.1, 0.15) is 10.5 Å². The lowest BCUT2D eigenvalue weighted by Crippen LogP contribution is -2.09. The van der Waals surface area contributed by atoms with Crippen LogP contribution in [0, 0.1) is 0 Å². The lowest BCUT2D eigenvalue weighted by Gasteiger charge is -2.13. The zero-order valence-corrected chi connectivity index (χ0v) is 11.3. The van der Waals surface area contributed by atoms with E-state index in [0.717, 1.165) is 23.2 Å². The highest BCUT2D eigenvalue weighted by molar-refractivity contribution is 5.86. The Balaban J connectivity index is 2.31. The average molecular weight is 266 g/mol. The highest BCUT2D eigenvalue weighted by Crippen LogP contribution is 2.23. The van der Waals surface area contributed by atoms with Crippen molar-refractivity contribution in [3.05, 3.63) is 48.4 Å². The molecule has 100 valence electrons. The molecule has 0 aliphatic heterocycles. The van der Waals surface area contributed by atoms with Crippen LogP contribution in [0.5, 0.6) is 0 Å². The predicted octanol–water partition coefficient (Wildman–Crippen LogP) is 2.27. The van der Waals surface area contributed by atoms with Gasteiger partial charge in [0.2, 0.25) is 0 Å². The third-order valence-corrected chi connectivity index (χ3v) is 3.17. The summed E-state index contributed by atoms with van der Waals surface area (Å²) >= 11 is 0. The van der Waals surface area contributed by atoms with Crippen LogP contribution in [-0.2, 0) is 0 Å². The molecule has 3 aromatic rings. The molecule has 0 saturated carbocycles. The van der Waals surface area contributed by atoms with Gasteiger partial charge < -0.3 is 4.90 Å². The summed E-state index contributed by atoms with van der Waals surface area (Å²) in [7, 11) is 3.94. The van der Waals surface area contributed by atoms with E-state index in [1.54, 1.807) is 6.20 Å². The number of aldehydes is 1. The van der Waals surface area contributed by atoms with E-state index in [0.29, 0.717) is 11.5 Å². The number of rotatable bonds is 3. The molecule has 0 atom stereocenters. The van der Waals surface area contributed by atoms with Crippen LogP contribution in [-0.4, -0.2) is 34.8 Å². The Hall–Kier alpha value is -2.69. The SMILES string of the molecule is CN(C)c1ccc2c(C=O)nc(-c3ccccn3)n2c1. The van der Waals surface area contributed by atoms with Crippen molar-refractivity contribution in [2.75, 3.05) is 19.0 Å². The fourth-order valence-corrected chi connectivity index (χ4v) is 2.13. The summed E-state index contributed by atoms with van der Waals surface area (Å²) in [6, 6.07) is 9.50. The quantitative estimate of drug-likeness (QED) is 0.682. The smallest absolute Gasteiger partial charge is 0.170 e. The molecule has 0 aliphatic rings. The van der Waals surface area contributed by atoms with Crippen LogP contribution >= 0.6 is 0 Å². The molecule has 0 bridgehead atoms. The number of imidazole rings is 1. The lowest BCUT2D eigenvalue weighted by molar-refractivity contribution is 0.112. The molecule has 0 amide bonds. The van der Waals surface area contributed by atoms with Gasteiger partial charge >= 0.3 is 0 Å². The van der Waals surface area contributed by atoms with Gasteiger partial charge in [-0.2, -0.15) is 0 Å². The van der Waals surface area contributed by atoms with E-state index < -0.39 is 0 Å². The van der Waals surface area contributed by atoms with Gasteiger partial charge in [-0.1, -0.05) is 6.07 Å². The summed E-state index contributed by atoms with van der Waals surface area (Å²) in [5.74, 6) is 0.673. The highest BCUT2D eigenvalue weighted by Gasteiger charge is 2.13. The molecule has 3 rings (SSSR count). The average Bonchev–Trinajstić information content (AvgIpc) is 2.86. The number of anilines is 1. The molecule has 0 saturated heterocycles. The highest BCUT2D eigenvalue weighted by atomic mass is 16.1. The maximum Gasteiger partial charge on any atom is 0.170 e. The summed E-state index contributed by atoms with van der Waals surface area (Å²) in [6.07, 6.45) is 4.45. The molecule has 3 aromatic heterocycles. The number of carbonyl (C=O) groups excluding carboxylic acids is 1. The van der Waals surface area contributed by atoms with E-state index in [2.05, 4.69) is 9.97 Å². The second-order valence-electron chi connectivity index (χ2n) is 4.69. The van der Waals surface area contributed by atoms with Crippen molar-refractivity contribution in [1.82, 2.24) is 14.4 Å². The van der Waals surface area contributed by atoms with Crippen LogP contribution in [0.2, 0.25) is 0 Å². The second-order valence-corrected chi connectivity index (χ2v) is 4.69. The third kappa shape index (κ3) is 1.93. The maximum atomic E-state index is 11.2. The van der Waals surface area contributed by atoms with Gasteiger partial charge in [0.05, 0.1) is 11.2 Å².